The maximum Gasteiger partial charge on any atom is 0.416 e. The molecule has 2 aromatic rings. The molecule has 1 amide bonds. The lowest BCUT2D eigenvalue weighted by Gasteiger charge is -2.09. The molecule has 0 unspecified atom stereocenters. The van der Waals surface area contributed by atoms with Crippen LogP contribution in [0.1, 0.15) is 21.7 Å². The molecule has 0 fully saturated rings. The van der Waals surface area contributed by atoms with Crippen LogP contribution in [0.2, 0.25) is 0 Å². The molecule has 1 aromatic heterocycles. The first kappa shape index (κ1) is 13.1. The van der Waals surface area contributed by atoms with E-state index in [0.29, 0.717) is 0 Å². The highest BCUT2D eigenvalue weighted by Crippen LogP contribution is 2.30. The molecule has 5 nitrogen and oxygen atoms in total. The molecule has 0 radical (unpaired) electrons. The van der Waals surface area contributed by atoms with Crippen molar-refractivity contribution in [2.75, 3.05) is 5.32 Å². The van der Waals surface area contributed by atoms with E-state index < -0.39 is 17.6 Å². The Balaban J connectivity index is 2.21. The molecule has 0 saturated heterocycles. The summed E-state index contributed by atoms with van der Waals surface area (Å²) in [5.74, 6) is -0.682. The Bertz CT molecular complexity index is 607. The van der Waals surface area contributed by atoms with Gasteiger partial charge in [0.1, 0.15) is 5.69 Å². The van der Waals surface area contributed by atoms with E-state index in [1.807, 2.05) is 0 Å². The van der Waals surface area contributed by atoms with Gasteiger partial charge in [-0.25, -0.2) is 4.63 Å². The van der Waals surface area contributed by atoms with Crippen LogP contribution in [0.25, 0.3) is 0 Å². The second-order valence-corrected chi connectivity index (χ2v) is 3.73. The average Bonchev–Trinajstić information content (AvgIpc) is 2.75. The van der Waals surface area contributed by atoms with Crippen LogP contribution in [0.5, 0.6) is 0 Å². The third-order valence-corrected chi connectivity index (χ3v) is 2.32. The number of nitrogens with one attached hydrogen (secondary N) is 1. The number of anilines is 1. The molecule has 1 N–H and O–H groups in total. The maximum absolute atomic E-state index is 12.5. The fraction of sp³-hybridized carbons (Fsp3) is 0.182. The highest BCUT2D eigenvalue weighted by molar-refractivity contribution is 6.03. The lowest BCUT2D eigenvalue weighted by molar-refractivity contribution is -0.137. The van der Waals surface area contributed by atoms with E-state index in [1.54, 1.807) is 0 Å². The van der Waals surface area contributed by atoms with Crippen LogP contribution in [0.15, 0.2) is 28.9 Å². The summed E-state index contributed by atoms with van der Waals surface area (Å²) in [5.41, 5.74) is -0.649. The summed E-state index contributed by atoms with van der Waals surface area (Å²) in [4.78, 5) is 11.7. The van der Waals surface area contributed by atoms with E-state index in [1.165, 1.54) is 19.1 Å². The third kappa shape index (κ3) is 2.90. The summed E-state index contributed by atoms with van der Waals surface area (Å²) >= 11 is 0. The minimum Gasteiger partial charge on any atom is -0.320 e. The van der Waals surface area contributed by atoms with Gasteiger partial charge in [-0.3, -0.25) is 4.79 Å². The number of amides is 1. The van der Waals surface area contributed by atoms with Gasteiger partial charge in [0.15, 0.2) is 5.69 Å². The normalized spacial score (nSPS) is 11.4. The largest absolute Gasteiger partial charge is 0.416 e. The molecule has 1 aromatic carbocycles. The van der Waals surface area contributed by atoms with E-state index in [4.69, 9.17) is 0 Å². The lowest BCUT2D eigenvalue weighted by atomic mass is 10.2. The molecule has 2 rings (SSSR count). The number of aromatic nitrogens is 2. The summed E-state index contributed by atoms with van der Waals surface area (Å²) in [5, 5.41) is 9.07. The van der Waals surface area contributed by atoms with Crippen LogP contribution >= 0.6 is 0 Å². The standard InChI is InChI=1S/C11H8F3N3O2/c1-6-9(17-19-16-6)10(18)15-8-4-2-3-7(5-8)11(12,13)14/h2-5H,1H3,(H,15,18). The highest BCUT2D eigenvalue weighted by atomic mass is 19.4. The number of benzene rings is 1. The average molecular weight is 271 g/mol. The van der Waals surface area contributed by atoms with Crippen molar-refractivity contribution in [3.05, 3.63) is 41.2 Å². The number of nitrogens with zero attached hydrogens (tertiary/aromatic N) is 2. The van der Waals surface area contributed by atoms with Crippen molar-refractivity contribution in [2.45, 2.75) is 13.1 Å². The Labute approximate surface area is 105 Å². The monoisotopic (exact) mass is 271 g/mol. The molecule has 0 bridgehead atoms. The fourth-order valence-corrected chi connectivity index (χ4v) is 1.40. The minimum atomic E-state index is -4.47. The quantitative estimate of drug-likeness (QED) is 0.911. The first-order valence-electron chi connectivity index (χ1n) is 5.15. The van der Waals surface area contributed by atoms with Gasteiger partial charge >= 0.3 is 6.18 Å². The zero-order valence-electron chi connectivity index (χ0n) is 9.65. The Hall–Kier alpha value is -2.38. The van der Waals surface area contributed by atoms with Gasteiger partial charge in [0.05, 0.1) is 5.56 Å². The van der Waals surface area contributed by atoms with Crippen molar-refractivity contribution in [3.8, 4) is 0 Å². The number of rotatable bonds is 2. The summed E-state index contributed by atoms with van der Waals surface area (Å²) in [6.45, 7) is 1.50. The number of carbonyl (C=O) groups excluding carboxylic acids is 1. The van der Waals surface area contributed by atoms with Gasteiger partial charge in [0.25, 0.3) is 5.91 Å². The summed E-state index contributed by atoms with van der Waals surface area (Å²) in [6, 6.07) is 4.29. The van der Waals surface area contributed by atoms with Crippen LogP contribution < -0.4 is 5.32 Å². The van der Waals surface area contributed by atoms with Gasteiger partial charge in [-0.15, -0.1) is 0 Å². The third-order valence-electron chi connectivity index (χ3n) is 2.32. The Morgan fingerprint density at radius 3 is 2.63 bits per heavy atom. The minimum absolute atomic E-state index is 0.0159. The van der Waals surface area contributed by atoms with E-state index in [9.17, 15) is 18.0 Å². The molecule has 0 atom stereocenters. The smallest absolute Gasteiger partial charge is 0.320 e. The molecule has 0 aliphatic heterocycles. The van der Waals surface area contributed by atoms with Crippen LogP contribution in [0.3, 0.4) is 0 Å². The number of carbonyl (C=O) groups is 1. The molecule has 0 aliphatic rings. The fourth-order valence-electron chi connectivity index (χ4n) is 1.40. The van der Waals surface area contributed by atoms with E-state index >= 15 is 0 Å². The molecular weight excluding hydrogens is 263 g/mol. The van der Waals surface area contributed by atoms with Crippen LogP contribution in [0, 0.1) is 6.92 Å². The summed E-state index contributed by atoms with van der Waals surface area (Å²) in [7, 11) is 0. The van der Waals surface area contributed by atoms with Gasteiger partial charge in [0, 0.05) is 5.69 Å². The topological polar surface area (TPSA) is 68.0 Å². The van der Waals surface area contributed by atoms with Crippen LogP contribution in [-0.4, -0.2) is 16.2 Å². The SMILES string of the molecule is Cc1nonc1C(=O)Nc1cccc(C(F)(F)F)c1. The first-order chi connectivity index (χ1) is 8.88. The Kier molecular flexibility index (Phi) is 3.24. The molecule has 0 aliphatic carbocycles. The maximum atomic E-state index is 12.5. The van der Waals surface area contributed by atoms with Crippen LogP contribution in [-0.2, 0) is 6.18 Å². The predicted molar refractivity (Wildman–Crippen MR) is 58.4 cm³/mol. The molecule has 19 heavy (non-hydrogen) atoms. The van der Waals surface area contributed by atoms with Crippen molar-refractivity contribution in [2.24, 2.45) is 0 Å². The van der Waals surface area contributed by atoms with Gasteiger partial charge in [-0.2, -0.15) is 13.2 Å². The van der Waals surface area contributed by atoms with Crippen molar-refractivity contribution in [1.29, 1.82) is 0 Å². The van der Waals surface area contributed by atoms with Crippen molar-refractivity contribution >= 4 is 11.6 Å². The molecular formula is C11H8F3N3O2. The van der Waals surface area contributed by atoms with E-state index in [2.05, 4.69) is 20.3 Å². The Morgan fingerprint density at radius 2 is 2.05 bits per heavy atom. The number of aryl methyl sites for hydroxylation is 1. The van der Waals surface area contributed by atoms with Crippen molar-refractivity contribution < 1.29 is 22.6 Å². The predicted octanol–water partition coefficient (Wildman–Crippen LogP) is 2.65. The highest BCUT2D eigenvalue weighted by Gasteiger charge is 2.30. The number of halogens is 3. The van der Waals surface area contributed by atoms with Gasteiger partial charge in [0.2, 0.25) is 0 Å². The molecule has 1 heterocycles. The van der Waals surface area contributed by atoms with Crippen molar-refractivity contribution in [3.63, 3.8) is 0 Å². The van der Waals surface area contributed by atoms with Gasteiger partial charge < -0.3 is 5.32 Å². The molecule has 0 saturated carbocycles. The molecule has 8 heteroatoms. The summed E-state index contributed by atoms with van der Waals surface area (Å²) in [6.07, 6.45) is -4.47. The number of alkyl halides is 3. The van der Waals surface area contributed by atoms with E-state index in [0.717, 1.165) is 12.1 Å². The zero-order chi connectivity index (χ0) is 14.0. The lowest BCUT2D eigenvalue weighted by Crippen LogP contribution is -2.14. The molecule has 0 spiro atoms. The van der Waals surface area contributed by atoms with Crippen LogP contribution in [0.4, 0.5) is 18.9 Å². The Morgan fingerprint density at radius 1 is 1.32 bits per heavy atom. The molecule has 100 valence electrons. The van der Waals surface area contributed by atoms with Gasteiger partial charge in [-0.05, 0) is 30.3 Å². The number of hydrogen-bond donors (Lipinski definition) is 1. The van der Waals surface area contributed by atoms with Gasteiger partial charge in [-0.1, -0.05) is 11.2 Å². The van der Waals surface area contributed by atoms with Crippen molar-refractivity contribution in [1.82, 2.24) is 10.3 Å². The second kappa shape index (κ2) is 4.71. The number of hydrogen-bond acceptors (Lipinski definition) is 4. The zero-order valence-corrected chi connectivity index (χ0v) is 9.65. The first-order valence-corrected chi connectivity index (χ1v) is 5.15. The second-order valence-electron chi connectivity index (χ2n) is 3.73. The summed E-state index contributed by atoms with van der Waals surface area (Å²) < 4.78 is 41.8. The van der Waals surface area contributed by atoms with E-state index in [-0.39, 0.29) is 17.1 Å².